The molecule has 306 valence electrons. The first-order valence-electron chi connectivity index (χ1n) is 20.7. The summed E-state index contributed by atoms with van der Waals surface area (Å²) >= 11 is 0. The minimum Gasteiger partial charge on any atom is -0.457 e. The van der Waals surface area contributed by atoms with Crippen LogP contribution in [0.15, 0.2) is 11.6 Å². The van der Waals surface area contributed by atoms with Gasteiger partial charge < -0.3 is 58.7 Å². The molecular formula is C41H64O13. The molecule has 0 radical (unpaired) electrons. The van der Waals surface area contributed by atoms with Gasteiger partial charge in [-0.3, -0.25) is 4.79 Å². The average Bonchev–Trinajstić information content (AvgIpc) is 3.56. The van der Waals surface area contributed by atoms with Gasteiger partial charge in [-0.2, -0.15) is 0 Å². The number of allylic oxidation sites excluding steroid dienone is 1. The van der Waals surface area contributed by atoms with E-state index in [2.05, 4.69) is 33.8 Å². The number of esters is 1. The van der Waals surface area contributed by atoms with E-state index < -0.39 is 90.8 Å². The highest BCUT2D eigenvalue weighted by atomic mass is 16.8. The van der Waals surface area contributed by atoms with E-state index in [9.17, 15) is 30.3 Å². The van der Waals surface area contributed by atoms with Gasteiger partial charge in [0, 0.05) is 31.1 Å². The molecule has 5 N–H and O–H groups in total. The molecule has 4 saturated heterocycles. The smallest absolute Gasteiger partial charge is 0.303 e. The average molecular weight is 765 g/mol. The van der Waals surface area contributed by atoms with E-state index in [1.165, 1.54) is 12.5 Å². The third-order valence-corrected chi connectivity index (χ3v) is 15.9. The molecule has 8 rings (SSSR count). The number of carbonyl (C=O) groups excluding carboxylic acids is 1. The van der Waals surface area contributed by atoms with Crippen molar-refractivity contribution in [3.05, 3.63) is 11.6 Å². The Labute approximate surface area is 319 Å². The fourth-order valence-corrected chi connectivity index (χ4v) is 12.9. The van der Waals surface area contributed by atoms with Gasteiger partial charge >= 0.3 is 5.97 Å². The number of hydrogen-bond donors (Lipinski definition) is 5. The molecule has 54 heavy (non-hydrogen) atoms. The Kier molecular flexibility index (Phi) is 10.4. The highest BCUT2D eigenvalue weighted by molar-refractivity contribution is 5.66. The van der Waals surface area contributed by atoms with E-state index in [0.29, 0.717) is 42.4 Å². The Morgan fingerprint density at radius 2 is 1.56 bits per heavy atom. The highest BCUT2D eigenvalue weighted by Crippen LogP contribution is 2.71. The zero-order valence-electron chi connectivity index (χ0n) is 32.9. The molecule has 0 bridgehead atoms. The molecule has 1 spiro atoms. The Morgan fingerprint density at radius 3 is 2.26 bits per heavy atom. The van der Waals surface area contributed by atoms with Gasteiger partial charge in [0.05, 0.1) is 37.1 Å². The standard InChI is InChI=1S/C41H64O13/c1-18-10-13-41(48-17-18)19(2)30-28(54-41)16-27-25-9-8-23-14-24(43)15-29(40(23,7)26(25)11-12-39(27,30)6)52-38-36(33(46)31(44)20(3)50-38)53-37-34(47)35(51-22(5)42)32(45)21(4)49-37/h8,18-21,24-38,43-47H,9-17H2,1-7H3/t18-,19+,20-,21+,24-,25?,26?,27?,28?,29-,30?,31+,32+,33+,34-,35-,36-,37+,38+,39+,40+,41?/m1/s1. The van der Waals surface area contributed by atoms with E-state index in [-0.39, 0.29) is 17.4 Å². The minimum absolute atomic E-state index is 0.115. The molecule has 0 aromatic carbocycles. The number of fused-ring (bicyclic) bond motifs is 7. The van der Waals surface area contributed by atoms with Crippen molar-refractivity contribution >= 4 is 5.97 Å². The van der Waals surface area contributed by atoms with E-state index in [1.54, 1.807) is 13.8 Å². The lowest BCUT2D eigenvalue weighted by atomic mass is 9.46. The van der Waals surface area contributed by atoms with E-state index in [1.807, 2.05) is 0 Å². The molecular weight excluding hydrogens is 700 g/mol. The number of hydrogen-bond acceptors (Lipinski definition) is 13. The molecule has 13 nitrogen and oxygen atoms in total. The van der Waals surface area contributed by atoms with Crippen molar-refractivity contribution in [3.63, 3.8) is 0 Å². The topological polar surface area (TPSA) is 183 Å². The number of carbonyl (C=O) groups is 1. The Hall–Kier alpha value is -1.23. The van der Waals surface area contributed by atoms with Crippen LogP contribution in [-0.4, -0.2) is 124 Å². The van der Waals surface area contributed by atoms with Gasteiger partial charge in [0.2, 0.25) is 0 Å². The van der Waals surface area contributed by atoms with Crippen LogP contribution in [0.25, 0.3) is 0 Å². The van der Waals surface area contributed by atoms with Gasteiger partial charge in [0.25, 0.3) is 0 Å². The normalized spacial score (nSPS) is 57.0. The van der Waals surface area contributed by atoms with Crippen molar-refractivity contribution in [3.8, 4) is 0 Å². The van der Waals surface area contributed by atoms with Gasteiger partial charge in [-0.1, -0.05) is 39.3 Å². The zero-order chi connectivity index (χ0) is 38.6. The zero-order valence-corrected chi connectivity index (χ0v) is 32.9. The fourth-order valence-electron chi connectivity index (χ4n) is 12.9. The maximum atomic E-state index is 11.8. The first-order chi connectivity index (χ1) is 25.5. The molecule has 0 amide bonds. The van der Waals surface area contributed by atoms with Crippen LogP contribution in [0.3, 0.4) is 0 Å². The van der Waals surface area contributed by atoms with Crippen LogP contribution >= 0.6 is 0 Å². The maximum absolute atomic E-state index is 11.8. The van der Waals surface area contributed by atoms with Crippen LogP contribution in [0, 0.1) is 46.3 Å². The summed E-state index contributed by atoms with van der Waals surface area (Å²) in [5.74, 6) is 1.27. The summed E-state index contributed by atoms with van der Waals surface area (Å²) in [6, 6.07) is 0. The Bertz CT molecular complexity index is 1430. The molecule has 6 unspecified atom stereocenters. The fraction of sp³-hybridized carbons (Fsp3) is 0.927. The number of aliphatic hydroxyl groups is 5. The maximum Gasteiger partial charge on any atom is 0.303 e. The predicted octanol–water partition coefficient (Wildman–Crippen LogP) is 2.96. The molecule has 0 aromatic rings. The molecule has 8 aliphatic rings. The molecule has 4 heterocycles. The monoisotopic (exact) mass is 764 g/mol. The second kappa shape index (κ2) is 14.2. The third-order valence-electron chi connectivity index (χ3n) is 15.9. The van der Waals surface area contributed by atoms with E-state index in [4.69, 9.17) is 33.2 Å². The van der Waals surface area contributed by atoms with Crippen LogP contribution in [0.2, 0.25) is 0 Å². The van der Waals surface area contributed by atoms with Crippen LogP contribution in [0.5, 0.6) is 0 Å². The molecule has 4 aliphatic carbocycles. The van der Waals surface area contributed by atoms with Gasteiger partial charge in [-0.25, -0.2) is 0 Å². The lowest BCUT2D eigenvalue weighted by Crippen LogP contribution is -2.65. The number of aliphatic hydroxyl groups excluding tert-OH is 5. The van der Waals surface area contributed by atoms with Crippen molar-refractivity contribution in [2.24, 2.45) is 46.3 Å². The summed E-state index contributed by atoms with van der Waals surface area (Å²) in [7, 11) is 0. The van der Waals surface area contributed by atoms with Gasteiger partial charge in [0.15, 0.2) is 24.5 Å². The lowest BCUT2D eigenvalue weighted by molar-refractivity contribution is -0.371. The molecule has 4 aliphatic heterocycles. The first kappa shape index (κ1) is 39.6. The second-order valence-electron chi connectivity index (χ2n) is 18.9. The first-order valence-corrected chi connectivity index (χ1v) is 20.7. The van der Waals surface area contributed by atoms with Crippen LogP contribution in [0.1, 0.15) is 99.8 Å². The highest BCUT2D eigenvalue weighted by Gasteiger charge is 2.69. The van der Waals surface area contributed by atoms with E-state index >= 15 is 0 Å². The Balaban J connectivity index is 1.05. The summed E-state index contributed by atoms with van der Waals surface area (Å²) in [4.78, 5) is 11.8. The largest absolute Gasteiger partial charge is 0.457 e. The third kappa shape index (κ3) is 6.17. The van der Waals surface area contributed by atoms with Crippen molar-refractivity contribution in [2.75, 3.05) is 6.61 Å². The number of rotatable bonds is 5. The molecule has 0 aromatic heterocycles. The quantitative estimate of drug-likeness (QED) is 0.204. The predicted molar refractivity (Wildman–Crippen MR) is 191 cm³/mol. The number of ether oxygens (including phenoxy) is 7. The molecule has 13 heteroatoms. The van der Waals surface area contributed by atoms with Gasteiger partial charge in [-0.15, -0.1) is 0 Å². The van der Waals surface area contributed by atoms with Gasteiger partial charge in [0.1, 0.15) is 30.5 Å². The summed E-state index contributed by atoms with van der Waals surface area (Å²) in [5.41, 5.74) is 0.849. The van der Waals surface area contributed by atoms with Crippen molar-refractivity contribution < 1.29 is 63.5 Å². The summed E-state index contributed by atoms with van der Waals surface area (Å²) in [6.07, 6.45) is -4.40. The van der Waals surface area contributed by atoms with Crippen LogP contribution in [-0.2, 0) is 38.0 Å². The van der Waals surface area contributed by atoms with Crippen LogP contribution in [0.4, 0.5) is 0 Å². The summed E-state index contributed by atoms with van der Waals surface area (Å²) in [6.45, 7) is 14.5. The molecule has 3 saturated carbocycles. The van der Waals surface area contributed by atoms with Gasteiger partial charge in [-0.05, 0) is 87.4 Å². The molecule has 22 atom stereocenters. The molecule has 7 fully saturated rings. The van der Waals surface area contributed by atoms with E-state index in [0.717, 1.165) is 45.1 Å². The van der Waals surface area contributed by atoms with Crippen LogP contribution < -0.4 is 0 Å². The summed E-state index contributed by atoms with van der Waals surface area (Å²) < 4.78 is 43.9. The summed E-state index contributed by atoms with van der Waals surface area (Å²) in [5, 5.41) is 55.4. The van der Waals surface area contributed by atoms with Crippen molar-refractivity contribution in [1.82, 2.24) is 0 Å². The minimum atomic E-state index is -1.61. The van der Waals surface area contributed by atoms with Crippen molar-refractivity contribution in [2.45, 2.75) is 185 Å². The lowest BCUT2D eigenvalue weighted by Gasteiger charge is -2.60. The Morgan fingerprint density at radius 1 is 0.833 bits per heavy atom. The van der Waals surface area contributed by atoms with Crippen molar-refractivity contribution in [1.29, 1.82) is 0 Å². The second-order valence-corrected chi connectivity index (χ2v) is 18.9. The SMILES string of the molecule is CC(=O)O[C@@H]1[C@@H](O)[C@H](C)O[C@@H](O[C@H]2[C@H](O[C@@H]3C[C@H](O)CC4=CCC5C6CC7OC8(CC[C@@H](C)CO8)[C@@H](C)C7[C@@]6(C)CCC5[C@]43C)O[C@H](C)[C@H](O)[C@@H]2O)[C@@H]1O.